The van der Waals surface area contributed by atoms with Gasteiger partial charge in [-0.15, -0.1) is 0 Å². The van der Waals surface area contributed by atoms with Gasteiger partial charge in [0.15, 0.2) is 0 Å². The van der Waals surface area contributed by atoms with Crippen LogP contribution in [0.15, 0.2) is 34.7 Å². The molecule has 110 valence electrons. The van der Waals surface area contributed by atoms with Crippen molar-refractivity contribution in [3.05, 3.63) is 52.4 Å². The van der Waals surface area contributed by atoms with Crippen molar-refractivity contribution in [2.75, 3.05) is 12.8 Å². The van der Waals surface area contributed by atoms with E-state index in [0.717, 1.165) is 0 Å². The number of hydrogen-bond donors (Lipinski definition) is 1. The summed E-state index contributed by atoms with van der Waals surface area (Å²) < 4.78 is 14.7. The summed E-state index contributed by atoms with van der Waals surface area (Å²) in [6.45, 7) is -0.137. The molecule has 1 heterocycles. The first-order chi connectivity index (χ1) is 10.0. The van der Waals surface area contributed by atoms with Crippen molar-refractivity contribution in [2.45, 2.75) is 6.61 Å². The highest BCUT2D eigenvalue weighted by Crippen LogP contribution is 2.23. The summed E-state index contributed by atoms with van der Waals surface area (Å²) >= 11 is 5.83. The molecule has 0 aliphatic carbocycles. The van der Waals surface area contributed by atoms with E-state index in [9.17, 15) is 9.59 Å². The van der Waals surface area contributed by atoms with Gasteiger partial charge in [-0.05, 0) is 24.3 Å². The Hall–Kier alpha value is -2.47. The van der Waals surface area contributed by atoms with Crippen LogP contribution >= 0.6 is 11.6 Å². The molecule has 2 rings (SSSR count). The van der Waals surface area contributed by atoms with Crippen molar-refractivity contribution in [2.24, 2.45) is 0 Å². The number of para-hydroxylation sites is 1. The number of benzene rings is 1. The zero-order valence-corrected chi connectivity index (χ0v) is 11.8. The zero-order chi connectivity index (χ0) is 15.4. The van der Waals surface area contributed by atoms with Gasteiger partial charge in [0.05, 0.1) is 23.4 Å². The maximum absolute atomic E-state index is 11.9. The Bertz CT molecular complexity index is 680. The molecular weight excluding hydrogens is 298 g/mol. The third-order valence-corrected chi connectivity index (χ3v) is 3.00. The fraction of sp³-hybridized carbons (Fsp3) is 0.143. The smallest absolute Gasteiger partial charge is 0.373 e. The van der Waals surface area contributed by atoms with E-state index in [2.05, 4.69) is 4.74 Å². The van der Waals surface area contributed by atoms with Gasteiger partial charge in [-0.2, -0.15) is 0 Å². The van der Waals surface area contributed by atoms with Crippen molar-refractivity contribution >= 4 is 29.2 Å². The van der Waals surface area contributed by atoms with E-state index in [1.165, 1.54) is 25.3 Å². The number of methoxy groups -OCH3 is 1. The normalized spacial score (nSPS) is 10.2. The molecule has 0 spiro atoms. The molecule has 0 bridgehead atoms. The predicted molar refractivity (Wildman–Crippen MR) is 75.0 cm³/mol. The first kappa shape index (κ1) is 14.9. The third kappa shape index (κ3) is 3.35. The summed E-state index contributed by atoms with van der Waals surface area (Å²) in [4.78, 5) is 23.1. The standard InChI is InChI=1S/C14H12ClNO5/c1-19-14(18)11-6-5-8(21-11)7-20-13(17)9-3-2-4-10(15)12(9)16/h2-6H,7,16H2,1H3. The second kappa shape index (κ2) is 6.32. The van der Waals surface area contributed by atoms with E-state index in [-0.39, 0.29) is 28.6 Å². The minimum absolute atomic E-state index is 0.0332. The highest BCUT2D eigenvalue weighted by molar-refractivity contribution is 6.33. The number of anilines is 1. The Balaban J connectivity index is 2.03. The lowest BCUT2D eigenvalue weighted by molar-refractivity contribution is 0.0439. The summed E-state index contributed by atoms with van der Waals surface area (Å²) in [5.74, 6) is -0.896. The summed E-state index contributed by atoms with van der Waals surface area (Å²) in [5, 5.41) is 0.274. The van der Waals surface area contributed by atoms with Crippen LogP contribution in [0.3, 0.4) is 0 Å². The molecule has 1 aromatic heterocycles. The summed E-state index contributed by atoms with van der Waals surface area (Å²) in [6.07, 6.45) is 0. The number of carbonyl (C=O) groups is 2. The number of nitrogens with two attached hydrogens (primary N) is 1. The number of halogens is 1. The van der Waals surface area contributed by atoms with Crippen molar-refractivity contribution in [1.29, 1.82) is 0 Å². The Morgan fingerprint density at radius 3 is 2.71 bits per heavy atom. The monoisotopic (exact) mass is 309 g/mol. The molecule has 0 aliphatic heterocycles. The van der Waals surface area contributed by atoms with Crippen LogP contribution in [0.1, 0.15) is 26.7 Å². The molecule has 0 unspecified atom stereocenters. The maximum Gasteiger partial charge on any atom is 0.373 e. The van der Waals surface area contributed by atoms with Gasteiger partial charge in [0.1, 0.15) is 12.4 Å². The number of nitrogen functional groups attached to an aromatic ring is 1. The summed E-state index contributed by atoms with van der Waals surface area (Å²) in [6, 6.07) is 7.62. The van der Waals surface area contributed by atoms with E-state index < -0.39 is 11.9 Å². The molecular formula is C14H12ClNO5. The van der Waals surface area contributed by atoms with Gasteiger partial charge in [0, 0.05) is 0 Å². The van der Waals surface area contributed by atoms with Gasteiger partial charge in [0.25, 0.3) is 0 Å². The predicted octanol–water partition coefficient (Wildman–Crippen LogP) is 2.66. The van der Waals surface area contributed by atoms with E-state index in [1.54, 1.807) is 12.1 Å². The number of rotatable bonds is 4. The lowest BCUT2D eigenvalue weighted by Gasteiger charge is -2.06. The van der Waals surface area contributed by atoms with Crippen LogP contribution in [0, 0.1) is 0 Å². The molecule has 0 fully saturated rings. The lowest BCUT2D eigenvalue weighted by atomic mass is 10.2. The Morgan fingerprint density at radius 2 is 2.00 bits per heavy atom. The SMILES string of the molecule is COC(=O)c1ccc(COC(=O)c2cccc(Cl)c2N)o1. The van der Waals surface area contributed by atoms with Crippen molar-refractivity contribution in [3.63, 3.8) is 0 Å². The first-order valence-electron chi connectivity index (χ1n) is 5.91. The van der Waals surface area contributed by atoms with Gasteiger partial charge in [0.2, 0.25) is 5.76 Å². The van der Waals surface area contributed by atoms with E-state index in [1.807, 2.05) is 0 Å². The van der Waals surface area contributed by atoms with Crippen LogP contribution in [-0.2, 0) is 16.1 Å². The molecule has 0 saturated heterocycles. The van der Waals surface area contributed by atoms with Crippen LogP contribution < -0.4 is 5.73 Å². The molecule has 6 nitrogen and oxygen atoms in total. The molecule has 0 aliphatic rings. The fourth-order valence-corrected chi connectivity index (χ4v) is 1.77. The largest absolute Gasteiger partial charge is 0.463 e. The fourth-order valence-electron chi connectivity index (χ4n) is 1.60. The van der Waals surface area contributed by atoms with Crippen molar-refractivity contribution < 1.29 is 23.5 Å². The van der Waals surface area contributed by atoms with Crippen LogP contribution in [0.5, 0.6) is 0 Å². The number of ether oxygens (including phenoxy) is 2. The summed E-state index contributed by atoms with van der Waals surface area (Å²) in [5.41, 5.74) is 6.02. The Morgan fingerprint density at radius 1 is 1.24 bits per heavy atom. The highest BCUT2D eigenvalue weighted by Gasteiger charge is 2.15. The molecule has 0 amide bonds. The number of furan rings is 1. The zero-order valence-electron chi connectivity index (χ0n) is 11.1. The molecule has 7 heteroatoms. The minimum atomic E-state index is -0.633. The van der Waals surface area contributed by atoms with Crippen LogP contribution in [-0.4, -0.2) is 19.0 Å². The second-order valence-corrected chi connectivity index (χ2v) is 4.44. The minimum Gasteiger partial charge on any atom is -0.463 e. The molecule has 0 saturated carbocycles. The number of hydrogen-bond acceptors (Lipinski definition) is 6. The topological polar surface area (TPSA) is 91.8 Å². The van der Waals surface area contributed by atoms with Crippen LogP contribution in [0.4, 0.5) is 5.69 Å². The number of carbonyl (C=O) groups excluding carboxylic acids is 2. The van der Waals surface area contributed by atoms with Crippen LogP contribution in [0.2, 0.25) is 5.02 Å². The molecule has 0 atom stereocenters. The quantitative estimate of drug-likeness (QED) is 0.689. The van der Waals surface area contributed by atoms with E-state index >= 15 is 0 Å². The van der Waals surface area contributed by atoms with Gasteiger partial charge in [-0.3, -0.25) is 0 Å². The molecule has 2 aromatic rings. The molecule has 1 aromatic carbocycles. The number of esters is 2. The lowest BCUT2D eigenvalue weighted by Crippen LogP contribution is -2.08. The first-order valence-corrected chi connectivity index (χ1v) is 6.29. The summed E-state index contributed by atoms with van der Waals surface area (Å²) in [7, 11) is 1.24. The van der Waals surface area contributed by atoms with Crippen LogP contribution in [0.25, 0.3) is 0 Å². The highest BCUT2D eigenvalue weighted by atomic mass is 35.5. The van der Waals surface area contributed by atoms with Gasteiger partial charge in [-0.25, -0.2) is 9.59 Å². The Labute approximate surface area is 125 Å². The molecule has 21 heavy (non-hydrogen) atoms. The maximum atomic E-state index is 11.9. The second-order valence-electron chi connectivity index (χ2n) is 4.03. The van der Waals surface area contributed by atoms with Gasteiger partial charge < -0.3 is 19.6 Å². The van der Waals surface area contributed by atoms with Crippen molar-refractivity contribution in [1.82, 2.24) is 0 Å². The van der Waals surface area contributed by atoms with Gasteiger partial charge >= 0.3 is 11.9 Å². The van der Waals surface area contributed by atoms with E-state index in [0.29, 0.717) is 5.76 Å². The van der Waals surface area contributed by atoms with E-state index in [4.69, 9.17) is 26.5 Å². The average Bonchev–Trinajstić information content (AvgIpc) is 2.95. The molecule has 2 N–H and O–H groups in total. The van der Waals surface area contributed by atoms with Crippen molar-refractivity contribution in [3.8, 4) is 0 Å². The van der Waals surface area contributed by atoms with Gasteiger partial charge in [-0.1, -0.05) is 17.7 Å². The average molecular weight is 310 g/mol. The Kier molecular flexibility index (Phi) is 4.49. The molecule has 0 radical (unpaired) electrons. The third-order valence-electron chi connectivity index (χ3n) is 2.67.